The van der Waals surface area contributed by atoms with Crippen molar-refractivity contribution in [3.63, 3.8) is 0 Å². The lowest BCUT2D eigenvalue weighted by Gasteiger charge is -2.33. The zero-order valence-electron chi connectivity index (χ0n) is 10.4. The van der Waals surface area contributed by atoms with E-state index in [9.17, 15) is 4.79 Å². The fourth-order valence-electron chi connectivity index (χ4n) is 2.20. The Morgan fingerprint density at radius 3 is 3.00 bits per heavy atom. The lowest BCUT2D eigenvalue weighted by atomic mass is 9.95. The summed E-state index contributed by atoms with van der Waals surface area (Å²) in [6, 6.07) is -0.289. The second-order valence-corrected chi connectivity index (χ2v) is 5.57. The molecule has 0 aromatic carbocycles. The molecule has 3 nitrogen and oxygen atoms in total. The summed E-state index contributed by atoms with van der Waals surface area (Å²) < 4.78 is 0. The van der Waals surface area contributed by atoms with Crippen molar-refractivity contribution in [3.05, 3.63) is 0 Å². The van der Waals surface area contributed by atoms with Crippen LogP contribution in [0.4, 0.5) is 0 Å². The maximum absolute atomic E-state index is 12.1. The van der Waals surface area contributed by atoms with Crippen molar-refractivity contribution in [3.8, 4) is 0 Å². The van der Waals surface area contributed by atoms with Crippen LogP contribution in [0.2, 0.25) is 0 Å². The van der Waals surface area contributed by atoms with Crippen LogP contribution < -0.4 is 5.73 Å². The third-order valence-electron chi connectivity index (χ3n) is 3.36. The second kappa shape index (κ2) is 7.17. The third kappa shape index (κ3) is 3.98. The van der Waals surface area contributed by atoms with Gasteiger partial charge in [-0.1, -0.05) is 13.3 Å². The third-order valence-corrected chi connectivity index (χ3v) is 4.00. The summed E-state index contributed by atoms with van der Waals surface area (Å²) in [4.78, 5) is 14.0. The number of carbonyl (C=O) groups excluding carboxylic acids is 1. The Balaban J connectivity index is 2.40. The number of hydrogen-bond donors (Lipinski definition) is 1. The quantitative estimate of drug-likeness (QED) is 0.801. The molecule has 0 aromatic heterocycles. The number of nitrogens with zero attached hydrogens (tertiary/aromatic N) is 1. The van der Waals surface area contributed by atoms with Crippen molar-refractivity contribution in [2.45, 2.75) is 38.6 Å². The number of piperidine rings is 1. The lowest BCUT2D eigenvalue weighted by molar-refractivity contribution is -0.134. The number of amides is 1. The van der Waals surface area contributed by atoms with E-state index >= 15 is 0 Å². The highest BCUT2D eigenvalue weighted by Crippen LogP contribution is 2.19. The van der Waals surface area contributed by atoms with Crippen LogP contribution in [0.15, 0.2) is 0 Å². The fourth-order valence-corrected chi connectivity index (χ4v) is 2.69. The van der Waals surface area contributed by atoms with Crippen molar-refractivity contribution in [2.24, 2.45) is 11.7 Å². The first-order valence-electron chi connectivity index (χ1n) is 6.22. The molecule has 1 saturated heterocycles. The minimum Gasteiger partial charge on any atom is -0.341 e. The molecule has 1 aliphatic rings. The van der Waals surface area contributed by atoms with Crippen LogP contribution in [0.5, 0.6) is 0 Å². The van der Waals surface area contributed by atoms with E-state index in [0.29, 0.717) is 5.92 Å². The lowest BCUT2D eigenvalue weighted by Crippen LogP contribution is -2.48. The molecule has 1 heterocycles. The molecule has 0 aromatic rings. The van der Waals surface area contributed by atoms with Gasteiger partial charge in [0, 0.05) is 13.1 Å². The average Bonchev–Trinajstić information content (AvgIpc) is 2.35. The van der Waals surface area contributed by atoms with E-state index < -0.39 is 0 Å². The van der Waals surface area contributed by atoms with Gasteiger partial charge in [-0.25, -0.2) is 0 Å². The predicted octanol–water partition coefficient (Wildman–Crippen LogP) is 1.72. The highest BCUT2D eigenvalue weighted by Gasteiger charge is 2.25. The highest BCUT2D eigenvalue weighted by molar-refractivity contribution is 7.98. The van der Waals surface area contributed by atoms with E-state index in [1.54, 1.807) is 11.8 Å². The number of rotatable bonds is 5. The van der Waals surface area contributed by atoms with Crippen LogP contribution in [0.3, 0.4) is 0 Å². The van der Waals surface area contributed by atoms with Gasteiger partial charge < -0.3 is 10.6 Å². The van der Waals surface area contributed by atoms with E-state index in [1.165, 1.54) is 12.8 Å². The minimum absolute atomic E-state index is 0.159. The Morgan fingerprint density at radius 1 is 1.62 bits per heavy atom. The molecule has 2 N–H and O–H groups in total. The summed E-state index contributed by atoms with van der Waals surface area (Å²) in [5, 5.41) is 0. The summed E-state index contributed by atoms with van der Waals surface area (Å²) in [5.41, 5.74) is 5.92. The molecular weight excluding hydrogens is 220 g/mol. The largest absolute Gasteiger partial charge is 0.341 e. The zero-order valence-corrected chi connectivity index (χ0v) is 11.3. The van der Waals surface area contributed by atoms with Gasteiger partial charge >= 0.3 is 0 Å². The first kappa shape index (κ1) is 13.8. The smallest absolute Gasteiger partial charge is 0.239 e. The Bertz CT molecular complexity index is 223. The molecule has 0 bridgehead atoms. The summed E-state index contributed by atoms with van der Waals surface area (Å²) in [5.74, 6) is 1.82. The van der Waals surface area contributed by atoms with E-state index in [-0.39, 0.29) is 11.9 Å². The van der Waals surface area contributed by atoms with E-state index in [0.717, 1.165) is 31.7 Å². The van der Waals surface area contributed by atoms with Gasteiger partial charge in [0.1, 0.15) is 0 Å². The van der Waals surface area contributed by atoms with Crippen LogP contribution >= 0.6 is 11.8 Å². The predicted molar refractivity (Wildman–Crippen MR) is 70.6 cm³/mol. The van der Waals surface area contributed by atoms with Crippen LogP contribution in [0.1, 0.15) is 32.6 Å². The topological polar surface area (TPSA) is 46.3 Å². The van der Waals surface area contributed by atoms with Gasteiger partial charge in [-0.05, 0) is 37.2 Å². The zero-order chi connectivity index (χ0) is 12.0. The van der Waals surface area contributed by atoms with Crippen LogP contribution in [-0.2, 0) is 4.79 Å². The fraction of sp³-hybridized carbons (Fsp3) is 0.917. The second-order valence-electron chi connectivity index (χ2n) is 4.59. The molecule has 1 rings (SSSR count). The Kier molecular flexibility index (Phi) is 6.21. The molecule has 0 saturated carbocycles. The van der Waals surface area contributed by atoms with Gasteiger partial charge in [0.05, 0.1) is 6.04 Å². The van der Waals surface area contributed by atoms with Gasteiger partial charge in [0.25, 0.3) is 0 Å². The SMILES string of the molecule is CCC1CCCN(C(=O)[C@@H](N)CCSC)C1. The molecule has 94 valence electrons. The molecule has 1 amide bonds. The molecule has 16 heavy (non-hydrogen) atoms. The van der Waals surface area contributed by atoms with Gasteiger partial charge in [-0.2, -0.15) is 11.8 Å². The summed E-state index contributed by atoms with van der Waals surface area (Å²) in [6.07, 6.45) is 6.42. The van der Waals surface area contributed by atoms with Crippen molar-refractivity contribution in [1.29, 1.82) is 0 Å². The van der Waals surface area contributed by atoms with Crippen molar-refractivity contribution < 1.29 is 4.79 Å². The first-order valence-corrected chi connectivity index (χ1v) is 7.61. The van der Waals surface area contributed by atoms with Gasteiger partial charge in [-0.15, -0.1) is 0 Å². The molecule has 0 aliphatic carbocycles. The van der Waals surface area contributed by atoms with E-state index in [2.05, 4.69) is 6.92 Å². The number of carbonyl (C=O) groups is 1. The van der Waals surface area contributed by atoms with E-state index in [4.69, 9.17) is 5.73 Å². The maximum Gasteiger partial charge on any atom is 0.239 e. The monoisotopic (exact) mass is 244 g/mol. The standard InChI is InChI=1S/C12H24N2OS/c1-3-10-5-4-7-14(9-10)12(15)11(13)6-8-16-2/h10-11H,3-9,13H2,1-2H3/t10?,11-/m0/s1. The Morgan fingerprint density at radius 2 is 2.38 bits per heavy atom. The molecule has 0 spiro atoms. The Hall–Kier alpha value is -0.220. The number of hydrogen-bond acceptors (Lipinski definition) is 3. The maximum atomic E-state index is 12.1. The molecular formula is C12H24N2OS. The van der Waals surface area contributed by atoms with Gasteiger partial charge in [-0.3, -0.25) is 4.79 Å². The summed E-state index contributed by atoms with van der Waals surface area (Å²) in [7, 11) is 0. The average molecular weight is 244 g/mol. The van der Waals surface area contributed by atoms with Crippen LogP contribution in [-0.4, -0.2) is 41.9 Å². The Labute approximate surface area is 103 Å². The minimum atomic E-state index is -0.289. The molecule has 1 unspecified atom stereocenters. The number of likely N-dealkylation sites (tertiary alicyclic amines) is 1. The molecule has 2 atom stereocenters. The molecule has 1 aliphatic heterocycles. The van der Waals surface area contributed by atoms with E-state index in [1.807, 2.05) is 11.2 Å². The summed E-state index contributed by atoms with van der Waals surface area (Å²) >= 11 is 1.75. The summed E-state index contributed by atoms with van der Waals surface area (Å²) in [6.45, 7) is 4.02. The first-order chi connectivity index (χ1) is 7.69. The normalized spacial score (nSPS) is 23.2. The van der Waals surface area contributed by atoms with Gasteiger partial charge in [0.15, 0.2) is 0 Å². The number of nitrogens with two attached hydrogens (primary N) is 1. The molecule has 0 radical (unpaired) electrons. The molecule has 4 heteroatoms. The highest BCUT2D eigenvalue weighted by atomic mass is 32.2. The van der Waals surface area contributed by atoms with Crippen molar-refractivity contribution >= 4 is 17.7 Å². The number of thioether (sulfide) groups is 1. The van der Waals surface area contributed by atoms with Crippen molar-refractivity contribution in [1.82, 2.24) is 4.90 Å². The van der Waals surface area contributed by atoms with Crippen LogP contribution in [0, 0.1) is 5.92 Å². The molecule has 1 fully saturated rings. The van der Waals surface area contributed by atoms with Crippen molar-refractivity contribution in [2.75, 3.05) is 25.1 Å². The van der Waals surface area contributed by atoms with Gasteiger partial charge in [0.2, 0.25) is 5.91 Å². The van der Waals surface area contributed by atoms with Crippen LogP contribution in [0.25, 0.3) is 0 Å².